The number of hydroxylamine groups is 1. The van der Waals surface area contributed by atoms with Crippen LogP contribution in [0, 0.1) is 0 Å². The summed E-state index contributed by atoms with van der Waals surface area (Å²) >= 11 is 0. The lowest BCUT2D eigenvalue weighted by Crippen LogP contribution is -2.14. The third kappa shape index (κ3) is 3.94. The largest absolute Gasteiger partial charge is 0.462 e. The van der Waals surface area contributed by atoms with E-state index in [1.807, 2.05) is 24.3 Å². The van der Waals surface area contributed by atoms with Crippen molar-refractivity contribution in [3.8, 4) is 0 Å². The van der Waals surface area contributed by atoms with Crippen LogP contribution in [0.2, 0.25) is 0 Å². The summed E-state index contributed by atoms with van der Waals surface area (Å²) in [4.78, 5) is 12.1. The molecule has 0 saturated carbocycles. The number of rotatable bonds is 5. The number of esters is 1. The van der Waals surface area contributed by atoms with Gasteiger partial charge in [-0.1, -0.05) is 48.5 Å². The molecule has 2 aromatic rings. The zero-order valence-corrected chi connectivity index (χ0v) is 11.8. The minimum absolute atomic E-state index is 0.278. The molecule has 0 amide bonds. The smallest absolute Gasteiger partial charge is 0.340 e. The Kier molecular flexibility index (Phi) is 5.12. The predicted molar refractivity (Wildman–Crippen MR) is 81.8 cm³/mol. The van der Waals surface area contributed by atoms with Crippen molar-refractivity contribution in [2.45, 2.75) is 6.92 Å². The highest BCUT2D eigenvalue weighted by atomic mass is 16.5. The summed E-state index contributed by atoms with van der Waals surface area (Å²) in [7, 11) is 0. The van der Waals surface area contributed by atoms with Crippen molar-refractivity contribution in [2.24, 2.45) is 0 Å². The molecule has 4 nitrogen and oxygen atoms in total. The Morgan fingerprint density at radius 3 is 2.24 bits per heavy atom. The zero-order valence-electron chi connectivity index (χ0n) is 11.8. The lowest BCUT2D eigenvalue weighted by Gasteiger charge is -2.14. The third-order valence-electron chi connectivity index (χ3n) is 2.85. The maximum absolute atomic E-state index is 12.1. The first-order chi connectivity index (χ1) is 10.2. The third-order valence-corrected chi connectivity index (χ3v) is 2.85. The van der Waals surface area contributed by atoms with Crippen LogP contribution in [0.15, 0.2) is 66.9 Å². The Balaban J connectivity index is 2.35. The molecule has 2 aromatic carbocycles. The van der Waals surface area contributed by atoms with Gasteiger partial charge in [-0.05, 0) is 24.6 Å². The number of carbonyl (C=O) groups is 1. The van der Waals surface area contributed by atoms with Crippen LogP contribution in [0.4, 0.5) is 5.69 Å². The van der Waals surface area contributed by atoms with E-state index in [4.69, 9.17) is 4.74 Å². The quantitative estimate of drug-likeness (QED) is 0.518. The molecule has 0 aliphatic carbocycles. The lowest BCUT2D eigenvalue weighted by molar-refractivity contribution is -0.136. The van der Waals surface area contributed by atoms with Gasteiger partial charge < -0.3 is 4.74 Å². The van der Waals surface area contributed by atoms with Gasteiger partial charge in [-0.2, -0.15) is 0 Å². The molecule has 21 heavy (non-hydrogen) atoms. The standard InChI is InChI=1S/C17H17NO3/c1-2-21-17(19)16(14-9-5-3-6-10-14)13-18(20)15-11-7-4-8-12-15/h3-13,20H,2H2,1H3/b16-13+. The number of benzene rings is 2. The van der Waals surface area contributed by atoms with Crippen molar-refractivity contribution in [3.63, 3.8) is 0 Å². The summed E-state index contributed by atoms with van der Waals surface area (Å²) in [6, 6.07) is 18.0. The molecule has 0 aliphatic rings. The molecule has 0 saturated heterocycles. The molecule has 1 N–H and O–H groups in total. The number of ether oxygens (including phenoxy) is 1. The van der Waals surface area contributed by atoms with Crippen molar-refractivity contribution >= 4 is 17.2 Å². The molecule has 4 heteroatoms. The summed E-state index contributed by atoms with van der Waals surface area (Å²) in [5.41, 5.74) is 1.55. The number of nitrogens with zero attached hydrogens (tertiary/aromatic N) is 1. The maximum Gasteiger partial charge on any atom is 0.340 e. The fourth-order valence-electron chi connectivity index (χ4n) is 1.85. The van der Waals surface area contributed by atoms with Crippen LogP contribution >= 0.6 is 0 Å². The highest BCUT2D eigenvalue weighted by Gasteiger charge is 2.15. The highest BCUT2D eigenvalue weighted by Crippen LogP contribution is 2.19. The van der Waals surface area contributed by atoms with Gasteiger partial charge >= 0.3 is 5.97 Å². The fourth-order valence-corrected chi connectivity index (χ4v) is 1.85. The monoisotopic (exact) mass is 283 g/mol. The van der Waals surface area contributed by atoms with Crippen LogP contribution in [-0.2, 0) is 9.53 Å². The SMILES string of the molecule is CCOC(=O)/C(=C/N(O)c1ccccc1)c1ccccc1. The van der Waals surface area contributed by atoms with Gasteiger partial charge in [-0.3, -0.25) is 5.21 Å². The van der Waals surface area contributed by atoms with E-state index in [9.17, 15) is 10.0 Å². The van der Waals surface area contributed by atoms with E-state index < -0.39 is 5.97 Å². The Labute approximate surface area is 123 Å². The van der Waals surface area contributed by atoms with Crippen molar-refractivity contribution in [1.82, 2.24) is 0 Å². The van der Waals surface area contributed by atoms with Crippen LogP contribution in [0.5, 0.6) is 0 Å². The Hall–Kier alpha value is -2.59. The van der Waals surface area contributed by atoms with Gasteiger partial charge in [0, 0.05) is 6.20 Å². The molecule has 0 atom stereocenters. The summed E-state index contributed by atoms with van der Waals surface area (Å²) in [5, 5.41) is 11.0. The van der Waals surface area contributed by atoms with Gasteiger partial charge in [0.25, 0.3) is 0 Å². The van der Waals surface area contributed by atoms with Crippen LogP contribution < -0.4 is 5.06 Å². The van der Waals surface area contributed by atoms with Gasteiger partial charge in [-0.25, -0.2) is 9.86 Å². The van der Waals surface area contributed by atoms with Crippen LogP contribution in [-0.4, -0.2) is 17.8 Å². The summed E-state index contributed by atoms with van der Waals surface area (Å²) < 4.78 is 5.05. The lowest BCUT2D eigenvalue weighted by atomic mass is 10.1. The van der Waals surface area contributed by atoms with E-state index in [0.717, 1.165) is 5.06 Å². The average molecular weight is 283 g/mol. The Bertz CT molecular complexity index is 608. The van der Waals surface area contributed by atoms with Crippen LogP contribution in [0.25, 0.3) is 5.57 Å². The van der Waals surface area contributed by atoms with Gasteiger partial charge in [0.05, 0.1) is 17.9 Å². The number of hydrogen-bond donors (Lipinski definition) is 1. The topological polar surface area (TPSA) is 49.8 Å². The van der Waals surface area contributed by atoms with E-state index in [2.05, 4.69) is 0 Å². The molecule has 108 valence electrons. The van der Waals surface area contributed by atoms with Crippen LogP contribution in [0.1, 0.15) is 12.5 Å². The molecule has 0 radical (unpaired) electrons. The molecular formula is C17H17NO3. The van der Waals surface area contributed by atoms with Crippen molar-refractivity contribution in [1.29, 1.82) is 0 Å². The second-order valence-electron chi connectivity index (χ2n) is 4.31. The van der Waals surface area contributed by atoms with Gasteiger partial charge in [0.15, 0.2) is 0 Å². The second kappa shape index (κ2) is 7.26. The van der Waals surface area contributed by atoms with E-state index in [-0.39, 0.29) is 6.61 Å². The number of carbonyl (C=O) groups excluding carboxylic acids is 1. The van der Waals surface area contributed by atoms with E-state index >= 15 is 0 Å². The average Bonchev–Trinajstić information content (AvgIpc) is 2.54. The Morgan fingerprint density at radius 2 is 1.67 bits per heavy atom. The first-order valence-electron chi connectivity index (χ1n) is 6.70. The minimum atomic E-state index is -0.473. The van der Waals surface area contributed by atoms with Gasteiger partial charge in [-0.15, -0.1) is 0 Å². The second-order valence-corrected chi connectivity index (χ2v) is 4.31. The van der Waals surface area contributed by atoms with E-state index in [1.54, 1.807) is 43.3 Å². The van der Waals surface area contributed by atoms with E-state index in [0.29, 0.717) is 16.8 Å². The summed E-state index contributed by atoms with van der Waals surface area (Å²) in [6.45, 7) is 2.02. The molecule has 0 heterocycles. The summed E-state index contributed by atoms with van der Waals surface area (Å²) in [5.74, 6) is -0.473. The van der Waals surface area contributed by atoms with E-state index in [1.165, 1.54) is 6.20 Å². The number of anilines is 1. The maximum atomic E-state index is 12.1. The summed E-state index contributed by atoms with van der Waals surface area (Å²) in [6.07, 6.45) is 1.36. The molecular weight excluding hydrogens is 266 g/mol. The first-order valence-corrected chi connectivity index (χ1v) is 6.70. The predicted octanol–water partition coefficient (Wildman–Crippen LogP) is 3.49. The molecule has 2 rings (SSSR count). The number of hydrogen-bond acceptors (Lipinski definition) is 4. The fraction of sp³-hybridized carbons (Fsp3) is 0.118. The van der Waals surface area contributed by atoms with Crippen molar-refractivity contribution in [2.75, 3.05) is 11.7 Å². The minimum Gasteiger partial charge on any atom is -0.462 e. The molecule has 0 spiro atoms. The van der Waals surface area contributed by atoms with Crippen LogP contribution in [0.3, 0.4) is 0 Å². The first kappa shape index (κ1) is 14.8. The van der Waals surface area contributed by atoms with Crippen molar-refractivity contribution in [3.05, 3.63) is 72.4 Å². The highest BCUT2D eigenvalue weighted by molar-refractivity contribution is 6.16. The molecule has 0 unspecified atom stereocenters. The molecule has 0 aliphatic heterocycles. The number of para-hydroxylation sites is 1. The normalized spacial score (nSPS) is 11.0. The van der Waals surface area contributed by atoms with Crippen molar-refractivity contribution < 1.29 is 14.7 Å². The zero-order chi connectivity index (χ0) is 15.1. The molecule has 0 aromatic heterocycles. The van der Waals surface area contributed by atoms with Gasteiger partial charge in [0.1, 0.15) is 0 Å². The molecule has 0 fully saturated rings. The van der Waals surface area contributed by atoms with Gasteiger partial charge in [0.2, 0.25) is 0 Å². The molecule has 0 bridgehead atoms. The Morgan fingerprint density at radius 1 is 1.10 bits per heavy atom.